The van der Waals surface area contributed by atoms with E-state index in [0.29, 0.717) is 6.54 Å². The first kappa shape index (κ1) is 35.3. The van der Waals surface area contributed by atoms with Crippen LogP contribution in [0.1, 0.15) is 28.1 Å². The van der Waals surface area contributed by atoms with Crippen LogP contribution in [0, 0.1) is 0 Å². The van der Waals surface area contributed by atoms with Gasteiger partial charge < -0.3 is 25.1 Å². The Morgan fingerprint density at radius 3 is 1.33 bits per heavy atom. The van der Waals surface area contributed by atoms with Gasteiger partial charge in [0, 0.05) is 81.9 Å². The van der Waals surface area contributed by atoms with Gasteiger partial charge in [0.1, 0.15) is 0 Å². The Morgan fingerprint density at radius 2 is 1.02 bits per heavy atom. The fourth-order valence-electron chi connectivity index (χ4n) is 5.40. The quantitative estimate of drug-likeness (QED) is 0.138. The van der Waals surface area contributed by atoms with Crippen LogP contribution in [0.3, 0.4) is 0 Å². The number of halogens is 1. The third-order valence-electron chi connectivity index (χ3n) is 7.17. The molecular formula is C36H44BrN2NaO3. The zero-order valence-corrected chi connectivity index (χ0v) is 29.4. The molecule has 2 aromatic heterocycles. The average molecular weight is 656 g/mol. The molecule has 1 N–H and O–H groups in total. The third-order valence-corrected chi connectivity index (χ3v) is 7.17. The van der Waals surface area contributed by atoms with Gasteiger partial charge in [-0.05, 0) is 44.0 Å². The van der Waals surface area contributed by atoms with Crippen LogP contribution in [0.4, 0.5) is 0 Å². The van der Waals surface area contributed by atoms with Crippen molar-refractivity contribution in [3.8, 4) is 0 Å². The summed E-state index contributed by atoms with van der Waals surface area (Å²) in [7, 11) is 0. The van der Waals surface area contributed by atoms with Crippen LogP contribution in [0.2, 0.25) is 0 Å². The standard InChI is InChI=1S/C16H17NO.C14H13NO.C4H8O.C2H5Br.Na.H/c1-2-18-12-11-17-15-9-5-3-7-13(15)14-8-4-6-10-16(14)17;16-10-9-15-13-7-3-1-5-11(13)12-6-2-4-8-14(12)15;1-2-4-5-3-1;1-2-3;;/h3-10H,2,11-12H2,1H3;1-8,16H,9-10H2;1-4H2;2H2,1H3;;/q;;;;+1;-1. The number of benzene rings is 4. The van der Waals surface area contributed by atoms with Gasteiger partial charge in [-0.2, -0.15) is 0 Å². The first-order valence-electron chi connectivity index (χ1n) is 15.0. The molecule has 5 nitrogen and oxygen atoms in total. The predicted molar refractivity (Wildman–Crippen MR) is 183 cm³/mol. The molecule has 43 heavy (non-hydrogen) atoms. The monoisotopic (exact) mass is 654 g/mol. The number of rotatable bonds is 6. The zero-order valence-electron chi connectivity index (χ0n) is 26.8. The summed E-state index contributed by atoms with van der Waals surface area (Å²) in [5.41, 5.74) is 4.97. The smallest absolute Gasteiger partial charge is 1.00 e. The summed E-state index contributed by atoms with van der Waals surface area (Å²) in [5.74, 6) is 0. The normalized spacial score (nSPS) is 12.2. The second-order valence-electron chi connectivity index (χ2n) is 9.88. The maximum atomic E-state index is 9.14. The van der Waals surface area contributed by atoms with Gasteiger partial charge >= 0.3 is 29.6 Å². The molecule has 0 atom stereocenters. The summed E-state index contributed by atoms with van der Waals surface area (Å²) in [4.78, 5) is 0. The van der Waals surface area contributed by atoms with Crippen LogP contribution in [-0.4, -0.2) is 52.6 Å². The summed E-state index contributed by atoms with van der Waals surface area (Å²) < 4.78 is 14.9. The average Bonchev–Trinajstić information content (AvgIpc) is 3.79. The summed E-state index contributed by atoms with van der Waals surface area (Å²) in [6.07, 6.45) is 2.56. The maximum absolute atomic E-state index is 9.14. The van der Waals surface area contributed by atoms with Crippen LogP contribution >= 0.6 is 15.9 Å². The Hall–Kier alpha value is -2.16. The molecule has 3 heterocycles. The second-order valence-corrected chi connectivity index (χ2v) is 11.0. The van der Waals surface area contributed by atoms with Crippen molar-refractivity contribution in [2.75, 3.05) is 38.4 Å². The maximum Gasteiger partial charge on any atom is 1.00 e. The van der Waals surface area contributed by atoms with Gasteiger partial charge in [-0.1, -0.05) is 95.7 Å². The van der Waals surface area contributed by atoms with Crippen molar-refractivity contribution < 1.29 is 45.6 Å². The van der Waals surface area contributed by atoms with Crippen LogP contribution in [0.25, 0.3) is 43.6 Å². The predicted octanol–water partition coefficient (Wildman–Crippen LogP) is 5.93. The van der Waals surface area contributed by atoms with E-state index in [2.05, 4.69) is 110 Å². The molecule has 1 saturated heterocycles. The molecule has 6 aromatic rings. The fraction of sp³-hybridized carbons (Fsp3) is 0.333. The van der Waals surface area contributed by atoms with Crippen molar-refractivity contribution in [2.24, 2.45) is 0 Å². The summed E-state index contributed by atoms with van der Waals surface area (Å²) >= 11 is 3.15. The zero-order chi connectivity index (χ0) is 29.6. The Labute approximate surface area is 287 Å². The van der Waals surface area contributed by atoms with Crippen molar-refractivity contribution in [1.82, 2.24) is 9.13 Å². The molecule has 0 bridgehead atoms. The number of hydrogen-bond donors (Lipinski definition) is 1. The van der Waals surface area contributed by atoms with Gasteiger partial charge in [0.25, 0.3) is 0 Å². The number of para-hydroxylation sites is 4. The molecule has 4 aromatic carbocycles. The Morgan fingerprint density at radius 1 is 0.674 bits per heavy atom. The third kappa shape index (κ3) is 9.18. The Balaban J connectivity index is 0.000000238. The topological polar surface area (TPSA) is 48.6 Å². The summed E-state index contributed by atoms with van der Waals surface area (Å²) in [6, 6.07) is 33.8. The van der Waals surface area contributed by atoms with E-state index in [9.17, 15) is 0 Å². The molecule has 0 unspecified atom stereocenters. The van der Waals surface area contributed by atoms with Crippen molar-refractivity contribution >= 4 is 59.5 Å². The van der Waals surface area contributed by atoms with E-state index < -0.39 is 0 Å². The minimum absolute atomic E-state index is 0. The number of aliphatic hydroxyl groups is 1. The number of alkyl halides is 1. The van der Waals surface area contributed by atoms with Crippen molar-refractivity contribution in [2.45, 2.75) is 39.8 Å². The minimum atomic E-state index is 0. The van der Waals surface area contributed by atoms with Crippen molar-refractivity contribution in [1.29, 1.82) is 0 Å². The summed E-state index contributed by atoms with van der Waals surface area (Å²) in [6.45, 7) is 9.33. The van der Waals surface area contributed by atoms with Gasteiger partial charge in [-0.3, -0.25) is 0 Å². The Kier molecular flexibility index (Phi) is 15.8. The minimum Gasteiger partial charge on any atom is -1.00 e. The number of ether oxygens (including phenoxy) is 2. The van der Waals surface area contributed by atoms with Crippen LogP contribution in [0.15, 0.2) is 97.1 Å². The molecule has 7 heteroatoms. The van der Waals surface area contributed by atoms with Crippen molar-refractivity contribution in [3.05, 3.63) is 97.1 Å². The van der Waals surface area contributed by atoms with E-state index in [-0.39, 0.29) is 37.6 Å². The van der Waals surface area contributed by atoms with Gasteiger partial charge in [0.15, 0.2) is 0 Å². The van der Waals surface area contributed by atoms with Gasteiger partial charge in [0.2, 0.25) is 0 Å². The van der Waals surface area contributed by atoms with E-state index in [4.69, 9.17) is 14.6 Å². The van der Waals surface area contributed by atoms with Crippen LogP contribution in [0.5, 0.6) is 0 Å². The van der Waals surface area contributed by atoms with Crippen LogP contribution < -0.4 is 29.6 Å². The first-order valence-corrected chi connectivity index (χ1v) is 16.1. The first-order chi connectivity index (χ1) is 20.7. The van der Waals surface area contributed by atoms with Gasteiger partial charge in [0.05, 0.1) is 13.2 Å². The molecule has 1 aliphatic heterocycles. The number of hydrogen-bond acceptors (Lipinski definition) is 3. The summed E-state index contributed by atoms with van der Waals surface area (Å²) in [5, 5.41) is 15.4. The van der Waals surface area contributed by atoms with Crippen LogP contribution in [-0.2, 0) is 22.6 Å². The SMILES string of the molecule is C1CCOC1.CCBr.CCOCCn1c2ccccc2c2ccccc21.OCCn1c2ccccc2c2ccccc21.[H-].[Na+]. The molecule has 1 aliphatic rings. The number of fused-ring (bicyclic) bond motifs is 6. The van der Waals surface area contributed by atoms with Crippen molar-refractivity contribution in [3.63, 3.8) is 0 Å². The van der Waals surface area contributed by atoms with E-state index in [1.165, 1.54) is 56.5 Å². The molecular weight excluding hydrogens is 611 g/mol. The molecule has 0 saturated carbocycles. The van der Waals surface area contributed by atoms with E-state index in [1.807, 2.05) is 26.0 Å². The largest absolute Gasteiger partial charge is 1.00 e. The molecule has 1 fully saturated rings. The molecule has 0 spiro atoms. The van der Waals surface area contributed by atoms with Gasteiger partial charge in [-0.25, -0.2) is 0 Å². The van der Waals surface area contributed by atoms with E-state index in [1.54, 1.807) is 0 Å². The number of nitrogens with zero attached hydrogens (tertiary/aromatic N) is 2. The number of aliphatic hydroxyl groups excluding tert-OH is 1. The fourth-order valence-corrected chi connectivity index (χ4v) is 5.40. The van der Waals surface area contributed by atoms with Gasteiger partial charge in [-0.15, -0.1) is 0 Å². The van der Waals surface area contributed by atoms with E-state index in [0.717, 1.165) is 38.3 Å². The number of aromatic nitrogens is 2. The molecule has 224 valence electrons. The molecule has 7 rings (SSSR count). The second kappa shape index (κ2) is 19.3. The molecule has 0 amide bonds. The van der Waals surface area contributed by atoms with E-state index >= 15 is 0 Å². The Bertz CT molecular complexity index is 1550. The molecule has 0 aliphatic carbocycles. The molecule has 0 radical (unpaired) electrons.